The Kier molecular flexibility index (Phi) is 4.27. The van der Waals surface area contributed by atoms with E-state index in [1.54, 1.807) is 0 Å². The van der Waals surface area contributed by atoms with Gasteiger partial charge in [-0.15, -0.1) is 5.10 Å². The Morgan fingerprint density at radius 2 is 2.04 bits per heavy atom. The summed E-state index contributed by atoms with van der Waals surface area (Å²) in [6.45, 7) is 11.3. The maximum Gasteiger partial charge on any atom is 0.323 e. The minimum absolute atomic E-state index is 0.0388. The predicted molar refractivity (Wildman–Crippen MR) is 90.5 cm³/mol. The minimum atomic E-state index is -0.0677. The van der Waals surface area contributed by atoms with Gasteiger partial charge in [0.15, 0.2) is 5.82 Å². The van der Waals surface area contributed by atoms with Crippen LogP contribution in [0.4, 0.5) is 10.6 Å². The van der Waals surface area contributed by atoms with Crippen LogP contribution in [0.5, 0.6) is 0 Å². The van der Waals surface area contributed by atoms with E-state index in [4.69, 9.17) is 0 Å². The number of hydrogen-bond donors (Lipinski definition) is 1. The molecule has 0 aromatic carbocycles. The molecule has 2 saturated heterocycles. The summed E-state index contributed by atoms with van der Waals surface area (Å²) >= 11 is 0. The molecule has 2 aliphatic heterocycles. The average Bonchev–Trinajstić information content (AvgIpc) is 2.93. The summed E-state index contributed by atoms with van der Waals surface area (Å²) in [6.07, 6.45) is 2.43. The highest BCUT2D eigenvalue weighted by Gasteiger charge is 2.36. The normalized spacial score (nSPS) is 25.3. The molecule has 0 bridgehead atoms. The van der Waals surface area contributed by atoms with Crippen molar-refractivity contribution in [1.29, 1.82) is 0 Å². The lowest BCUT2D eigenvalue weighted by Crippen LogP contribution is -2.57. The monoisotopic (exact) mass is 317 g/mol. The molecule has 6 nitrogen and oxygen atoms in total. The lowest BCUT2D eigenvalue weighted by molar-refractivity contribution is 0.0861. The van der Waals surface area contributed by atoms with Gasteiger partial charge in [-0.2, -0.15) is 5.10 Å². The molecule has 2 fully saturated rings. The number of aromatic nitrogens is 2. The van der Waals surface area contributed by atoms with Crippen molar-refractivity contribution in [3.8, 4) is 0 Å². The van der Waals surface area contributed by atoms with Crippen LogP contribution in [0.3, 0.4) is 0 Å². The molecule has 1 N–H and O–H groups in total. The summed E-state index contributed by atoms with van der Waals surface area (Å²) in [5, 5.41) is 11.3. The van der Waals surface area contributed by atoms with E-state index in [0.717, 1.165) is 18.8 Å². The van der Waals surface area contributed by atoms with Crippen LogP contribution in [0.1, 0.15) is 46.2 Å². The van der Waals surface area contributed by atoms with Crippen LogP contribution in [-0.2, 0) is 5.41 Å². The van der Waals surface area contributed by atoms with E-state index in [1.165, 1.54) is 19.4 Å². The van der Waals surface area contributed by atoms with E-state index < -0.39 is 0 Å². The lowest BCUT2D eigenvalue weighted by Gasteiger charge is -2.42. The Morgan fingerprint density at radius 3 is 2.70 bits per heavy atom. The predicted octanol–water partition coefficient (Wildman–Crippen LogP) is 2.47. The SMILES string of the molecule is C[C@@H]1CN2CCC[C@H]2CN1C(=O)Nc1ccc(C(C)(C)C)nn1. The van der Waals surface area contributed by atoms with Gasteiger partial charge in [-0.3, -0.25) is 10.2 Å². The molecule has 1 aromatic rings. The van der Waals surface area contributed by atoms with Crippen molar-refractivity contribution in [2.45, 2.75) is 58.0 Å². The highest BCUT2D eigenvalue weighted by Crippen LogP contribution is 2.25. The zero-order valence-corrected chi connectivity index (χ0v) is 14.5. The zero-order valence-electron chi connectivity index (χ0n) is 14.5. The van der Waals surface area contributed by atoms with Crippen molar-refractivity contribution in [1.82, 2.24) is 20.0 Å². The first-order valence-electron chi connectivity index (χ1n) is 8.50. The second-order valence-corrected chi connectivity index (χ2v) is 7.78. The van der Waals surface area contributed by atoms with Crippen molar-refractivity contribution < 1.29 is 4.79 Å². The lowest BCUT2D eigenvalue weighted by atomic mass is 9.92. The molecule has 1 aromatic heterocycles. The van der Waals surface area contributed by atoms with Gasteiger partial charge in [0.25, 0.3) is 0 Å². The van der Waals surface area contributed by atoms with Crippen LogP contribution in [0.25, 0.3) is 0 Å². The average molecular weight is 317 g/mol. The highest BCUT2D eigenvalue weighted by atomic mass is 16.2. The Labute approximate surface area is 138 Å². The van der Waals surface area contributed by atoms with Crippen LogP contribution >= 0.6 is 0 Å². The number of carbonyl (C=O) groups is 1. The van der Waals surface area contributed by atoms with Crippen LogP contribution in [0, 0.1) is 0 Å². The van der Waals surface area contributed by atoms with E-state index in [0.29, 0.717) is 11.9 Å². The van der Waals surface area contributed by atoms with Crippen LogP contribution in [-0.4, -0.2) is 57.7 Å². The summed E-state index contributed by atoms with van der Waals surface area (Å²) in [4.78, 5) is 17.0. The molecule has 126 valence electrons. The number of urea groups is 1. The summed E-state index contributed by atoms with van der Waals surface area (Å²) in [5.74, 6) is 0.518. The molecule has 2 amide bonds. The van der Waals surface area contributed by atoms with E-state index in [1.807, 2.05) is 17.0 Å². The van der Waals surface area contributed by atoms with Crippen LogP contribution in [0.2, 0.25) is 0 Å². The van der Waals surface area contributed by atoms with Crippen molar-refractivity contribution in [3.05, 3.63) is 17.8 Å². The molecule has 6 heteroatoms. The summed E-state index contributed by atoms with van der Waals surface area (Å²) < 4.78 is 0. The van der Waals surface area contributed by atoms with Gasteiger partial charge in [-0.1, -0.05) is 20.8 Å². The molecule has 2 aliphatic rings. The molecule has 0 radical (unpaired) electrons. The second-order valence-electron chi connectivity index (χ2n) is 7.78. The number of piperazine rings is 1. The van der Waals surface area contributed by atoms with Gasteiger partial charge >= 0.3 is 6.03 Å². The van der Waals surface area contributed by atoms with E-state index in [2.05, 4.69) is 48.1 Å². The van der Waals surface area contributed by atoms with Gasteiger partial charge in [0.2, 0.25) is 0 Å². The topological polar surface area (TPSA) is 61.4 Å². The zero-order chi connectivity index (χ0) is 16.6. The number of amides is 2. The van der Waals surface area contributed by atoms with Gasteiger partial charge in [-0.05, 0) is 38.4 Å². The van der Waals surface area contributed by atoms with Crippen LogP contribution in [0.15, 0.2) is 12.1 Å². The molecule has 3 rings (SSSR count). The fourth-order valence-electron chi connectivity index (χ4n) is 3.45. The largest absolute Gasteiger partial charge is 0.323 e. The number of nitrogens with one attached hydrogen (secondary N) is 1. The molecule has 0 spiro atoms. The Morgan fingerprint density at radius 1 is 1.26 bits per heavy atom. The first kappa shape index (κ1) is 16.2. The molecule has 3 heterocycles. The first-order chi connectivity index (χ1) is 10.8. The third-order valence-electron chi connectivity index (χ3n) is 4.87. The maximum absolute atomic E-state index is 12.6. The molecular formula is C17H27N5O. The standard InChI is InChI=1S/C17H27N5O/c1-12-10-21-9-5-6-13(21)11-22(12)16(23)18-15-8-7-14(19-20-15)17(2,3)4/h7-8,12-13H,5-6,9-11H2,1-4H3,(H,18,20,23)/t12-,13+/m1/s1. The Hall–Kier alpha value is -1.69. The van der Waals surface area contributed by atoms with E-state index in [-0.39, 0.29) is 17.5 Å². The molecule has 0 unspecified atom stereocenters. The second kappa shape index (κ2) is 6.07. The fraction of sp³-hybridized carbons (Fsp3) is 0.706. The number of nitrogens with zero attached hydrogens (tertiary/aromatic N) is 4. The smallest absolute Gasteiger partial charge is 0.319 e. The fourth-order valence-corrected chi connectivity index (χ4v) is 3.45. The van der Waals surface area contributed by atoms with Gasteiger partial charge in [-0.25, -0.2) is 4.79 Å². The molecular weight excluding hydrogens is 290 g/mol. The molecule has 0 saturated carbocycles. The first-order valence-corrected chi connectivity index (χ1v) is 8.50. The van der Waals surface area contributed by atoms with Crippen molar-refractivity contribution in [3.63, 3.8) is 0 Å². The number of fused-ring (bicyclic) bond motifs is 1. The summed E-state index contributed by atoms with van der Waals surface area (Å²) in [5.41, 5.74) is 0.881. The number of anilines is 1. The number of carbonyl (C=O) groups excluding carboxylic acids is 1. The molecule has 0 aliphatic carbocycles. The van der Waals surface area contributed by atoms with Gasteiger partial charge in [0.05, 0.1) is 5.69 Å². The van der Waals surface area contributed by atoms with Crippen molar-refractivity contribution in [2.24, 2.45) is 0 Å². The third kappa shape index (κ3) is 3.47. The van der Waals surface area contributed by atoms with Gasteiger partial charge < -0.3 is 4.90 Å². The molecule has 2 atom stereocenters. The van der Waals surface area contributed by atoms with Gasteiger partial charge in [0, 0.05) is 30.6 Å². The Bertz CT molecular complexity index is 565. The third-order valence-corrected chi connectivity index (χ3v) is 4.87. The quantitative estimate of drug-likeness (QED) is 0.864. The summed E-state index contributed by atoms with van der Waals surface area (Å²) in [7, 11) is 0. The minimum Gasteiger partial charge on any atom is -0.319 e. The molecule has 23 heavy (non-hydrogen) atoms. The number of hydrogen-bond acceptors (Lipinski definition) is 4. The summed E-state index contributed by atoms with van der Waals surface area (Å²) in [6, 6.07) is 4.45. The van der Waals surface area contributed by atoms with E-state index in [9.17, 15) is 4.79 Å². The van der Waals surface area contributed by atoms with Crippen molar-refractivity contribution >= 4 is 11.8 Å². The van der Waals surface area contributed by atoms with Crippen LogP contribution < -0.4 is 5.32 Å². The van der Waals surface area contributed by atoms with E-state index >= 15 is 0 Å². The van der Waals surface area contributed by atoms with Gasteiger partial charge in [0.1, 0.15) is 0 Å². The van der Waals surface area contributed by atoms with Crippen molar-refractivity contribution in [2.75, 3.05) is 25.0 Å². The highest BCUT2D eigenvalue weighted by molar-refractivity contribution is 5.88. The number of rotatable bonds is 1. The maximum atomic E-state index is 12.6. The Balaban J connectivity index is 1.64.